The molecule has 0 fully saturated rings. The summed E-state index contributed by atoms with van der Waals surface area (Å²) in [4.78, 5) is 0. The topological polar surface area (TPSA) is 6.48 Å². The Morgan fingerprint density at radius 3 is 2.03 bits per heavy atom. The van der Waals surface area contributed by atoms with Gasteiger partial charge in [-0.2, -0.15) is 0 Å². The van der Waals surface area contributed by atoms with Gasteiger partial charge in [0.1, 0.15) is 0 Å². The first-order valence-electron chi connectivity index (χ1n) is 10.3. The van der Waals surface area contributed by atoms with Crippen LogP contribution in [-0.2, 0) is 0 Å². The van der Waals surface area contributed by atoms with Crippen LogP contribution in [0, 0.1) is 6.92 Å². The molecule has 0 radical (unpaired) electrons. The van der Waals surface area contributed by atoms with Crippen molar-refractivity contribution in [3.05, 3.63) is 108 Å². The van der Waals surface area contributed by atoms with Crippen molar-refractivity contribution in [2.75, 3.05) is 17.1 Å². The highest BCUT2D eigenvalue weighted by atomic mass is 15.6. The van der Waals surface area contributed by atoms with E-state index in [0.29, 0.717) is 0 Å². The molecule has 4 aromatic rings. The second kappa shape index (κ2) is 8.40. The van der Waals surface area contributed by atoms with E-state index in [1.54, 1.807) is 0 Å². The van der Waals surface area contributed by atoms with Crippen LogP contribution in [-0.4, -0.2) is 7.05 Å². The van der Waals surface area contributed by atoms with E-state index in [1.165, 1.54) is 33.3 Å². The zero-order valence-electron chi connectivity index (χ0n) is 17.4. The lowest BCUT2D eigenvalue weighted by Crippen LogP contribution is -2.43. The molecular weight excluding hydrogens is 352 g/mol. The summed E-state index contributed by atoms with van der Waals surface area (Å²) in [6, 6.07) is 35.1. The zero-order valence-corrected chi connectivity index (χ0v) is 17.4. The van der Waals surface area contributed by atoms with Gasteiger partial charge < -0.3 is 0 Å². The molecule has 146 valence electrons. The van der Waals surface area contributed by atoms with Crippen LogP contribution >= 0.6 is 0 Å². The van der Waals surface area contributed by atoms with Crippen molar-refractivity contribution in [3.8, 4) is 0 Å². The van der Waals surface area contributed by atoms with Gasteiger partial charge >= 0.3 is 0 Å². The third-order valence-corrected chi connectivity index (χ3v) is 5.59. The predicted octanol–water partition coefficient (Wildman–Crippen LogP) is 7.16. The molecule has 1 unspecified atom stereocenters. The Balaban J connectivity index is 1.81. The molecular formula is C27H28N2. The number of aryl methyl sites for hydroxylation is 1. The normalized spacial score (nSPS) is 12.0. The fourth-order valence-electron chi connectivity index (χ4n) is 3.99. The van der Waals surface area contributed by atoms with Crippen LogP contribution in [0.5, 0.6) is 0 Å². The Kier molecular flexibility index (Phi) is 5.53. The van der Waals surface area contributed by atoms with Crippen molar-refractivity contribution in [3.63, 3.8) is 0 Å². The van der Waals surface area contributed by atoms with Gasteiger partial charge in [0.25, 0.3) is 0 Å². The molecule has 2 nitrogen and oxygen atoms in total. The standard InChI is InChI=1S/C27H28N2/c1-4-27(24-17-16-22-10-8-9-11-23(22)20-24)29(26-18-14-21(2)15-19-26)28(3)25-12-6-5-7-13-25/h5-20,27H,4H2,1-3H3. The molecule has 0 saturated carbocycles. The summed E-state index contributed by atoms with van der Waals surface area (Å²) >= 11 is 0. The molecule has 2 heteroatoms. The van der Waals surface area contributed by atoms with Gasteiger partial charge in [0.15, 0.2) is 0 Å². The second-order valence-electron chi connectivity index (χ2n) is 7.57. The first kappa shape index (κ1) is 19.1. The number of para-hydroxylation sites is 1. The Labute approximate surface area is 174 Å². The summed E-state index contributed by atoms with van der Waals surface area (Å²) in [7, 11) is 2.15. The number of benzene rings is 4. The quantitative estimate of drug-likeness (QED) is 0.327. The van der Waals surface area contributed by atoms with Gasteiger partial charge in [0.05, 0.1) is 17.4 Å². The summed E-state index contributed by atoms with van der Waals surface area (Å²) in [6.45, 7) is 4.40. The van der Waals surface area contributed by atoms with E-state index >= 15 is 0 Å². The molecule has 0 heterocycles. The lowest BCUT2D eigenvalue weighted by atomic mass is 9.99. The predicted molar refractivity (Wildman–Crippen MR) is 125 cm³/mol. The third kappa shape index (κ3) is 3.97. The molecule has 0 aliphatic carbocycles. The Morgan fingerprint density at radius 2 is 1.34 bits per heavy atom. The van der Waals surface area contributed by atoms with E-state index < -0.39 is 0 Å². The zero-order chi connectivity index (χ0) is 20.2. The minimum absolute atomic E-state index is 0.229. The van der Waals surface area contributed by atoms with Gasteiger partial charge in [-0.05, 0) is 60.0 Å². The number of hydrazine groups is 1. The van der Waals surface area contributed by atoms with Crippen LogP contribution in [0.3, 0.4) is 0 Å². The van der Waals surface area contributed by atoms with Crippen LogP contribution in [0.1, 0.15) is 30.5 Å². The number of fused-ring (bicyclic) bond motifs is 1. The second-order valence-corrected chi connectivity index (χ2v) is 7.57. The monoisotopic (exact) mass is 380 g/mol. The first-order chi connectivity index (χ1) is 14.2. The van der Waals surface area contributed by atoms with Gasteiger partial charge in [0, 0.05) is 7.05 Å². The van der Waals surface area contributed by atoms with Crippen molar-refractivity contribution >= 4 is 22.1 Å². The highest BCUT2D eigenvalue weighted by molar-refractivity contribution is 5.83. The molecule has 0 amide bonds. The van der Waals surface area contributed by atoms with Gasteiger partial charge in [0.2, 0.25) is 0 Å². The number of hydrogen-bond acceptors (Lipinski definition) is 2. The minimum atomic E-state index is 0.229. The number of rotatable bonds is 6. The lowest BCUT2D eigenvalue weighted by molar-refractivity contribution is 0.595. The fraction of sp³-hybridized carbons (Fsp3) is 0.185. The van der Waals surface area contributed by atoms with Crippen LogP contribution in [0.4, 0.5) is 11.4 Å². The first-order valence-corrected chi connectivity index (χ1v) is 10.3. The highest BCUT2D eigenvalue weighted by Gasteiger charge is 2.24. The molecule has 0 N–H and O–H groups in total. The van der Waals surface area contributed by atoms with E-state index in [4.69, 9.17) is 0 Å². The Hall–Kier alpha value is -3.26. The third-order valence-electron chi connectivity index (χ3n) is 5.59. The van der Waals surface area contributed by atoms with Crippen LogP contribution < -0.4 is 10.0 Å². The van der Waals surface area contributed by atoms with Gasteiger partial charge in [-0.25, -0.2) is 0 Å². The molecule has 4 rings (SSSR count). The molecule has 0 bridgehead atoms. The smallest absolute Gasteiger partial charge is 0.0753 e. The SMILES string of the molecule is CCC(c1ccc2ccccc2c1)N(c1ccc(C)cc1)N(C)c1ccccc1. The maximum absolute atomic E-state index is 2.42. The van der Waals surface area contributed by atoms with Crippen LogP contribution in [0.2, 0.25) is 0 Å². The molecule has 4 aromatic carbocycles. The number of nitrogens with zero attached hydrogens (tertiary/aromatic N) is 2. The molecule has 0 aliphatic rings. The Morgan fingerprint density at radius 1 is 0.690 bits per heavy atom. The van der Waals surface area contributed by atoms with Crippen molar-refractivity contribution in [1.82, 2.24) is 0 Å². The largest absolute Gasteiger partial charge is 0.288 e. The summed E-state index contributed by atoms with van der Waals surface area (Å²) in [6.07, 6.45) is 1.00. The van der Waals surface area contributed by atoms with Crippen molar-refractivity contribution in [2.24, 2.45) is 0 Å². The molecule has 0 aromatic heterocycles. The maximum Gasteiger partial charge on any atom is 0.0753 e. The van der Waals surface area contributed by atoms with Crippen molar-refractivity contribution < 1.29 is 0 Å². The number of hydrogen-bond donors (Lipinski definition) is 0. The molecule has 29 heavy (non-hydrogen) atoms. The number of anilines is 2. The van der Waals surface area contributed by atoms with Crippen molar-refractivity contribution in [2.45, 2.75) is 26.3 Å². The van der Waals surface area contributed by atoms with E-state index in [2.05, 4.69) is 128 Å². The Bertz CT molecular complexity index is 1070. The van der Waals surface area contributed by atoms with E-state index in [0.717, 1.165) is 6.42 Å². The molecule has 1 atom stereocenters. The van der Waals surface area contributed by atoms with E-state index in [-0.39, 0.29) is 6.04 Å². The maximum atomic E-state index is 2.42. The van der Waals surface area contributed by atoms with Gasteiger partial charge in [-0.3, -0.25) is 10.0 Å². The van der Waals surface area contributed by atoms with Crippen LogP contribution in [0.15, 0.2) is 97.1 Å². The summed E-state index contributed by atoms with van der Waals surface area (Å²) in [5.74, 6) is 0. The highest BCUT2D eigenvalue weighted by Crippen LogP contribution is 2.34. The average Bonchev–Trinajstić information content (AvgIpc) is 2.78. The lowest BCUT2D eigenvalue weighted by Gasteiger charge is -2.41. The van der Waals surface area contributed by atoms with Gasteiger partial charge in [-0.15, -0.1) is 0 Å². The van der Waals surface area contributed by atoms with E-state index in [9.17, 15) is 0 Å². The summed E-state index contributed by atoms with van der Waals surface area (Å²) < 4.78 is 0. The fourth-order valence-corrected chi connectivity index (χ4v) is 3.99. The molecule has 0 saturated heterocycles. The van der Waals surface area contributed by atoms with Crippen LogP contribution in [0.25, 0.3) is 10.8 Å². The van der Waals surface area contributed by atoms with Gasteiger partial charge in [-0.1, -0.05) is 79.2 Å². The van der Waals surface area contributed by atoms with Crippen molar-refractivity contribution in [1.29, 1.82) is 0 Å². The summed E-state index contributed by atoms with van der Waals surface area (Å²) in [5, 5.41) is 7.26. The average molecular weight is 381 g/mol. The molecule has 0 aliphatic heterocycles. The molecule has 0 spiro atoms. The minimum Gasteiger partial charge on any atom is -0.288 e. The summed E-state index contributed by atoms with van der Waals surface area (Å²) in [5.41, 5.74) is 4.97. The van der Waals surface area contributed by atoms with E-state index in [1.807, 2.05) is 0 Å².